The molecule has 3 fully saturated rings. The molecular formula is C24H31F3. The van der Waals surface area contributed by atoms with E-state index in [1.165, 1.54) is 44.2 Å². The molecule has 0 aromatic heterocycles. The summed E-state index contributed by atoms with van der Waals surface area (Å²) >= 11 is 0. The van der Waals surface area contributed by atoms with Gasteiger partial charge in [0.1, 0.15) is 0 Å². The minimum atomic E-state index is -1.35. The highest BCUT2D eigenvalue weighted by molar-refractivity contribution is 5.24. The molecule has 3 heteroatoms. The number of fused-ring (bicyclic) bond motifs is 3. The summed E-state index contributed by atoms with van der Waals surface area (Å²) < 4.78 is 40.6. The minimum Gasteiger partial charge on any atom is -0.204 e. The van der Waals surface area contributed by atoms with E-state index in [1.54, 1.807) is 0 Å². The van der Waals surface area contributed by atoms with Crippen LogP contribution in [0.3, 0.4) is 0 Å². The number of halogens is 3. The smallest absolute Gasteiger partial charge is 0.194 e. The molecule has 0 bridgehead atoms. The Labute approximate surface area is 161 Å². The van der Waals surface area contributed by atoms with Crippen LogP contribution in [0.15, 0.2) is 24.3 Å². The maximum absolute atomic E-state index is 13.7. The van der Waals surface area contributed by atoms with E-state index in [0.29, 0.717) is 11.5 Å². The molecule has 4 rings (SSSR count). The summed E-state index contributed by atoms with van der Waals surface area (Å²) in [5.41, 5.74) is 0.653. The second kappa shape index (κ2) is 8.01. The van der Waals surface area contributed by atoms with Crippen LogP contribution in [0.2, 0.25) is 0 Å². The highest BCUT2D eigenvalue weighted by Crippen LogP contribution is 2.54. The van der Waals surface area contributed by atoms with Crippen molar-refractivity contribution in [2.45, 2.75) is 70.6 Å². The Morgan fingerprint density at radius 2 is 1.48 bits per heavy atom. The van der Waals surface area contributed by atoms with Crippen molar-refractivity contribution in [2.75, 3.05) is 0 Å². The monoisotopic (exact) mass is 376 g/mol. The van der Waals surface area contributed by atoms with E-state index in [4.69, 9.17) is 0 Å². The van der Waals surface area contributed by atoms with Gasteiger partial charge in [0.15, 0.2) is 17.5 Å². The maximum atomic E-state index is 13.7. The van der Waals surface area contributed by atoms with Crippen molar-refractivity contribution in [2.24, 2.45) is 29.6 Å². The lowest BCUT2D eigenvalue weighted by Crippen LogP contribution is -2.41. The Bertz CT molecular complexity index is 672. The van der Waals surface area contributed by atoms with Gasteiger partial charge in [0.05, 0.1) is 0 Å². The van der Waals surface area contributed by atoms with E-state index in [1.807, 2.05) is 0 Å². The van der Waals surface area contributed by atoms with Gasteiger partial charge in [-0.05, 0) is 111 Å². The highest BCUT2D eigenvalue weighted by atomic mass is 19.2. The zero-order chi connectivity index (χ0) is 19.0. The number of benzene rings is 1. The van der Waals surface area contributed by atoms with Crippen LogP contribution in [0.4, 0.5) is 13.2 Å². The molecule has 0 saturated heterocycles. The van der Waals surface area contributed by atoms with Crippen molar-refractivity contribution in [1.29, 1.82) is 0 Å². The summed E-state index contributed by atoms with van der Waals surface area (Å²) in [6.45, 7) is 2.20. The van der Waals surface area contributed by atoms with Crippen molar-refractivity contribution < 1.29 is 13.2 Å². The largest absolute Gasteiger partial charge is 0.204 e. The van der Waals surface area contributed by atoms with Gasteiger partial charge in [-0.3, -0.25) is 0 Å². The molecule has 3 aliphatic rings. The first-order chi connectivity index (χ1) is 13.1. The summed E-state index contributed by atoms with van der Waals surface area (Å²) in [4.78, 5) is 0. The first-order valence-electron chi connectivity index (χ1n) is 10.9. The third-order valence-electron chi connectivity index (χ3n) is 7.70. The minimum absolute atomic E-state index is 0.177. The molecule has 0 radical (unpaired) electrons. The average molecular weight is 377 g/mol. The third-order valence-corrected chi connectivity index (χ3v) is 7.70. The zero-order valence-electron chi connectivity index (χ0n) is 16.3. The predicted molar refractivity (Wildman–Crippen MR) is 103 cm³/mol. The van der Waals surface area contributed by atoms with Gasteiger partial charge in [-0.25, -0.2) is 13.2 Å². The quantitative estimate of drug-likeness (QED) is 0.381. The van der Waals surface area contributed by atoms with E-state index < -0.39 is 17.5 Å². The second-order valence-electron chi connectivity index (χ2n) is 9.14. The van der Waals surface area contributed by atoms with E-state index in [2.05, 4.69) is 19.1 Å². The van der Waals surface area contributed by atoms with Crippen LogP contribution in [0.25, 0.3) is 0 Å². The highest BCUT2D eigenvalue weighted by Gasteiger charge is 2.44. The topological polar surface area (TPSA) is 0 Å². The lowest BCUT2D eigenvalue weighted by atomic mass is 9.55. The molecular weight excluding hydrogens is 345 g/mol. The van der Waals surface area contributed by atoms with Gasteiger partial charge < -0.3 is 0 Å². The molecule has 3 saturated carbocycles. The second-order valence-corrected chi connectivity index (χ2v) is 9.14. The van der Waals surface area contributed by atoms with Crippen LogP contribution < -0.4 is 0 Å². The summed E-state index contributed by atoms with van der Waals surface area (Å²) in [5, 5.41) is 0. The van der Waals surface area contributed by atoms with Gasteiger partial charge in [0.2, 0.25) is 0 Å². The van der Waals surface area contributed by atoms with Crippen LogP contribution in [-0.4, -0.2) is 0 Å². The van der Waals surface area contributed by atoms with Gasteiger partial charge in [-0.15, -0.1) is 0 Å². The molecule has 0 amide bonds. The Kier molecular flexibility index (Phi) is 5.66. The lowest BCUT2D eigenvalue weighted by molar-refractivity contribution is 0.0127. The molecule has 148 valence electrons. The molecule has 3 aliphatic carbocycles. The van der Waals surface area contributed by atoms with Gasteiger partial charge in [0.25, 0.3) is 0 Å². The molecule has 0 nitrogen and oxygen atoms in total. The van der Waals surface area contributed by atoms with E-state index >= 15 is 0 Å². The summed E-state index contributed by atoms with van der Waals surface area (Å²) in [6.07, 6.45) is 15.6. The van der Waals surface area contributed by atoms with Crippen molar-refractivity contribution in [3.05, 3.63) is 47.3 Å². The van der Waals surface area contributed by atoms with Crippen molar-refractivity contribution in [3.8, 4) is 0 Å². The van der Waals surface area contributed by atoms with Crippen molar-refractivity contribution in [3.63, 3.8) is 0 Å². The zero-order valence-corrected chi connectivity index (χ0v) is 16.3. The molecule has 1 aromatic carbocycles. The fourth-order valence-electron chi connectivity index (χ4n) is 6.45. The molecule has 0 aliphatic heterocycles. The standard InChI is InChI=1S/C24H31F3/c1-2-3-4-15-5-9-20-17(11-15)6-7-18-12-16(8-10-21(18)20)19-13-22(25)24(27)23(26)14-19/h3-4,13-18,20-21H,2,5-12H2,1H3. The fraction of sp³-hybridized carbons (Fsp3) is 0.667. The third kappa shape index (κ3) is 3.84. The summed E-state index contributed by atoms with van der Waals surface area (Å²) in [5.74, 6) is 0.669. The van der Waals surface area contributed by atoms with Gasteiger partial charge in [0, 0.05) is 0 Å². The number of rotatable bonds is 3. The lowest BCUT2D eigenvalue weighted by Gasteiger charge is -2.50. The van der Waals surface area contributed by atoms with Crippen molar-refractivity contribution in [1.82, 2.24) is 0 Å². The van der Waals surface area contributed by atoms with E-state index in [0.717, 1.165) is 49.4 Å². The Morgan fingerprint density at radius 3 is 2.15 bits per heavy atom. The predicted octanol–water partition coefficient (Wildman–Crippen LogP) is 7.40. The molecule has 6 atom stereocenters. The van der Waals surface area contributed by atoms with Crippen molar-refractivity contribution >= 4 is 0 Å². The molecule has 0 N–H and O–H groups in total. The fourth-order valence-corrected chi connectivity index (χ4v) is 6.45. The Hall–Kier alpha value is -1.25. The Balaban J connectivity index is 1.42. The first-order valence-corrected chi connectivity index (χ1v) is 10.9. The molecule has 1 aromatic rings. The Morgan fingerprint density at radius 1 is 0.852 bits per heavy atom. The number of allylic oxidation sites excluding steroid dienone is 2. The maximum Gasteiger partial charge on any atom is 0.194 e. The van der Waals surface area contributed by atoms with Gasteiger partial charge in [-0.2, -0.15) is 0 Å². The number of hydrogen-bond donors (Lipinski definition) is 0. The average Bonchev–Trinajstić information content (AvgIpc) is 2.69. The molecule has 6 unspecified atom stereocenters. The number of hydrogen-bond acceptors (Lipinski definition) is 0. The first kappa shape index (κ1) is 19.1. The SMILES string of the molecule is CCC=CC1CCC2C(CCC3CC(c4cc(F)c(F)c(F)c4)CCC32)C1. The molecule has 0 spiro atoms. The summed E-state index contributed by atoms with van der Waals surface area (Å²) in [7, 11) is 0. The molecule has 27 heavy (non-hydrogen) atoms. The van der Waals surface area contributed by atoms with Gasteiger partial charge in [-0.1, -0.05) is 19.1 Å². The van der Waals surface area contributed by atoms with Crippen LogP contribution in [-0.2, 0) is 0 Å². The van der Waals surface area contributed by atoms with E-state index in [9.17, 15) is 13.2 Å². The van der Waals surface area contributed by atoms with Crippen LogP contribution in [0.5, 0.6) is 0 Å². The van der Waals surface area contributed by atoms with Crippen LogP contribution in [0, 0.1) is 47.0 Å². The van der Waals surface area contributed by atoms with Crippen LogP contribution in [0.1, 0.15) is 76.2 Å². The van der Waals surface area contributed by atoms with Gasteiger partial charge >= 0.3 is 0 Å². The summed E-state index contributed by atoms with van der Waals surface area (Å²) in [6, 6.07) is 2.45. The molecule has 0 heterocycles. The van der Waals surface area contributed by atoms with Crippen LogP contribution >= 0.6 is 0 Å². The van der Waals surface area contributed by atoms with E-state index in [-0.39, 0.29) is 5.92 Å². The normalized spacial score (nSPS) is 36.4.